The standard InChI is InChI=1S/C13H16N2O3/c1-2-18-11-6-4-3-5-9(11)15-13(17)10-7-8-12(16)14-10/h3-6,10H,2,7-8H2,1H3,(H,14,16)(H,15,17)/t10-/m1/s1. The molecule has 1 aliphatic heterocycles. The average molecular weight is 248 g/mol. The number of carbonyl (C=O) groups excluding carboxylic acids is 2. The van der Waals surface area contributed by atoms with E-state index in [0.717, 1.165) is 0 Å². The van der Waals surface area contributed by atoms with E-state index in [1.54, 1.807) is 12.1 Å². The number of amides is 2. The summed E-state index contributed by atoms with van der Waals surface area (Å²) in [6, 6.07) is 6.81. The molecule has 0 spiro atoms. The maximum Gasteiger partial charge on any atom is 0.247 e. The van der Waals surface area contributed by atoms with Gasteiger partial charge in [0.25, 0.3) is 0 Å². The van der Waals surface area contributed by atoms with Crippen LogP contribution in [0.25, 0.3) is 0 Å². The second-order valence-electron chi connectivity index (χ2n) is 4.08. The first-order chi connectivity index (χ1) is 8.70. The summed E-state index contributed by atoms with van der Waals surface area (Å²) in [6.07, 6.45) is 0.951. The van der Waals surface area contributed by atoms with Gasteiger partial charge in [0.2, 0.25) is 11.8 Å². The van der Waals surface area contributed by atoms with Crippen molar-refractivity contribution in [1.82, 2.24) is 5.32 Å². The average Bonchev–Trinajstić information content (AvgIpc) is 2.79. The highest BCUT2D eigenvalue weighted by atomic mass is 16.5. The Kier molecular flexibility index (Phi) is 3.82. The van der Waals surface area contributed by atoms with Crippen molar-refractivity contribution in [2.75, 3.05) is 11.9 Å². The summed E-state index contributed by atoms with van der Waals surface area (Å²) < 4.78 is 5.42. The van der Waals surface area contributed by atoms with Crippen LogP contribution in [0.4, 0.5) is 5.69 Å². The largest absolute Gasteiger partial charge is 0.492 e. The van der Waals surface area contributed by atoms with E-state index in [1.807, 2.05) is 19.1 Å². The minimum atomic E-state index is -0.438. The van der Waals surface area contributed by atoms with Crippen molar-refractivity contribution in [3.8, 4) is 5.75 Å². The fourth-order valence-corrected chi connectivity index (χ4v) is 1.88. The van der Waals surface area contributed by atoms with E-state index in [1.165, 1.54) is 0 Å². The Balaban J connectivity index is 2.04. The smallest absolute Gasteiger partial charge is 0.247 e. The summed E-state index contributed by atoms with van der Waals surface area (Å²) >= 11 is 0. The van der Waals surface area contributed by atoms with Crippen LogP contribution < -0.4 is 15.4 Å². The topological polar surface area (TPSA) is 67.4 Å². The van der Waals surface area contributed by atoms with Crippen LogP contribution in [0.1, 0.15) is 19.8 Å². The van der Waals surface area contributed by atoms with E-state index in [4.69, 9.17) is 4.74 Å². The maximum absolute atomic E-state index is 11.9. The van der Waals surface area contributed by atoms with Crippen molar-refractivity contribution in [1.29, 1.82) is 0 Å². The van der Waals surface area contributed by atoms with Crippen LogP contribution >= 0.6 is 0 Å². The summed E-state index contributed by atoms with van der Waals surface area (Å²) in [7, 11) is 0. The molecule has 0 saturated carbocycles. The van der Waals surface area contributed by atoms with Crippen LogP contribution in [0, 0.1) is 0 Å². The molecule has 0 aliphatic carbocycles. The Morgan fingerprint density at radius 2 is 2.28 bits per heavy atom. The molecule has 1 aromatic rings. The molecule has 2 rings (SSSR count). The molecular formula is C13H16N2O3. The molecule has 1 aliphatic rings. The predicted octanol–water partition coefficient (Wildman–Crippen LogP) is 1.30. The molecule has 0 aromatic heterocycles. The van der Waals surface area contributed by atoms with Crippen molar-refractivity contribution < 1.29 is 14.3 Å². The van der Waals surface area contributed by atoms with Crippen LogP contribution in [0.5, 0.6) is 5.75 Å². The molecule has 5 heteroatoms. The summed E-state index contributed by atoms with van der Waals surface area (Å²) in [5.74, 6) is 0.360. The molecule has 1 aromatic carbocycles. The Morgan fingerprint density at radius 3 is 2.94 bits per heavy atom. The third-order valence-corrected chi connectivity index (χ3v) is 2.76. The van der Waals surface area contributed by atoms with E-state index in [9.17, 15) is 9.59 Å². The first-order valence-electron chi connectivity index (χ1n) is 6.02. The Hall–Kier alpha value is -2.04. The number of anilines is 1. The van der Waals surface area contributed by atoms with Gasteiger partial charge in [0.05, 0.1) is 12.3 Å². The first kappa shape index (κ1) is 12.4. The summed E-state index contributed by atoms with van der Waals surface area (Å²) in [5, 5.41) is 5.41. The Labute approximate surface area is 106 Å². The fourth-order valence-electron chi connectivity index (χ4n) is 1.88. The zero-order valence-electron chi connectivity index (χ0n) is 10.2. The second kappa shape index (κ2) is 5.53. The van der Waals surface area contributed by atoms with Gasteiger partial charge in [0, 0.05) is 6.42 Å². The second-order valence-corrected chi connectivity index (χ2v) is 4.08. The summed E-state index contributed by atoms with van der Waals surface area (Å²) in [6.45, 7) is 2.42. The minimum absolute atomic E-state index is 0.0757. The molecule has 1 saturated heterocycles. The summed E-state index contributed by atoms with van der Waals surface area (Å²) in [5.41, 5.74) is 0.630. The van der Waals surface area contributed by atoms with Crippen LogP contribution in [0.3, 0.4) is 0 Å². The molecule has 96 valence electrons. The van der Waals surface area contributed by atoms with Gasteiger partial charge in [0.1, 0.15) is 11.8 Å². The summed E-state index contributed by atoms with van der Waals surface area (Å²) in [4.78, 5) is 23.0. The highest BCUT2D eigenvalue weighted by molar-refractivity contribution is 5.99. The van der Waals surface area contributed by atoms with Crippen molar-refractivity contribution in [2.45, 2.75) is 25.8 Å². The molecule has 1 fully saturated rings. The molecule has 2 N–H and O–H groups in total. The normalized spacial score (nSPS) is 18.3. The zero-order valence-corrected chi connectivity index (χ0v) is 10.2. The van der Waals surface area contributed by atoms with E-state index in [-0.39, 0.29) is 11.8 Å². The lowest BCUT2D eigenvalue weighted by molar-refractivity contribution is -0.122. The SMILES string of the molecule is CCOc1ccccc1NC(=O)[C@H]1CCC(=O)N1. The number of nitrogens with one attached hydrogen (secondary N) is 2. The van der Waals surface area contributed by atoms with Gasteiger partial charge in [-0.05, 0) is 25.5 Å². The van der Waals surface area contributed by atoms with Crippen molar-refractivity contribution in [2.24, 2.45) is 0 Å². The minimum Gasteiger partial charge on any atom is -0.492 e. The number of carbonyl (C=O) groups is 2. The number of hydrogen-bond acceptors (Lipinski definition) is 3. The third-order valence-electron chi connectivity index (χ3n) is 2.76. The molecule has 5 nitrogen and oxygen atoms in total. The van der Waals surface area contributed by atoms with Gasteiger partial charge >= 0.3 is 0 Å². The lowest BCUT2D eigenvalue weighted by Crippen LogP contribution is -2.37. The van der Waals surface area contributed by atoms with Crippen molar-refractivity contribution in [3.05, 3.63) is 24.3 Å². The van der Waals surface area contributed by atoms with E-state index >= 15 is 0 Å². The fraction of sp³-hybridized carbons (Fsp3) is 0.385. The third kappa shape index (κ3) is 2.80. The number of hydrogen-bond donors (Lipinski definition) is 2. The maximum atomic E-state index is 11.9. The van der Waals surface area contributed by atoms with Crippen LogP contribution in [-0.4, -0.2) is 24.5 Å². The van der Waals surface area contributed by atoms with Gasteiger partial charge in [-0.1, -0.05) is 12.1 Å². The number of benzene rings is 1. The molecule has 0 bridgehead atoms. The molecule has 2 amide bonds. The lowest BCUT2D eigenvalue weighted by atomic mass is 10.2. The van der Waals surface area contributed by atoms with Gasteiger partial charge in [-0.2, -0.15) is 0 Å². The van der Waals surface area contributed by atoms with E-state index in [2.05, 4.69) is 10.6 Å². The van der Waals surface area contributed by atoms with E-state index < -0.39 is 6.04 Å². The van der Waals surface area contributed by atoms with Gasteiger partial charge in [0.15, 0.2) is 0 Å². The highest BCUT2D eigenvalue weighted by Gasteiger charge is 2.27. The molecule has 1 atom stereocenters. The highest BCUT2D eigenvalue weighted by Crippen LogP contribution is 2.24. The van der Waals surface area contributed by atoms with Gasteiger partial charge < -0.3 is 15.4 Å². The predicted molar refractivity (Wildman–Crippen MR) is 67.4 cm³/mol. The number of ether oxygens (including phenoxy) is 1. The number of rotatable bonds is 4. The quantitative estimate of drug-likeness (QED) is 0.844. The molecule has 1 heterocycles. The molecule has 0 radical (unpaired) electrons. The lowest BCUT2D eigenvalue weighted by Gasteiger charge is -2.14. The zero-order chi connectivity index (χ0) is 13.0. The molecule has 18 heavy (non-hydrogen) atoms. The first-order valence-corrected chi connectivity index (χ1v) is 6.02. The van der Waals surface area contributed by atoms with Crippen molar-refractivity contribution in [3.63, 3.8) is 0 Å². The van der Waals surface area contributed by atoms with Crippen LogP contribution in [0.15, 0.2) is 24.3 Å². The Morgan fingerprint density at radius 1 is 1.50 bits per heavy atom. The molecule has 0 unspecified atom stereocenters. The van der Waals surface area contributed by atoms with Gasteiger partial charge in [-0.15, -0.1) is 0 Å². The van der Waals surface area contributed by atoms with Gasteiger partial charge in [-0.3, -0.25) is 9.59 Å². The van der Waals surface area contributed by atoms with Crippen LogP contribution in [-0.2, 0) is 9.59 Å². The van der Waals surface area contributed by atoms with E-state index in [0.29, 0.717) is 30.9 Å². The van der Waals surface area contributed by atoms with Crippen LogP contribution in [0.2, 0.25) is 0 Å². The number of para-hydroxylation sites is 2. The van der Waals surface area contributed by atoms with Crippen molar-refractivity contribution >= 4 is 17.5 Å². The monoisotopic (exact) mass is 248 g/mol. The Bertz CT molecular complexity index is 459. The molecular weight excluding hydrogens is 232 g/mol. The van der Waals surface area contributed by atoms with Gasteiger partial charge in [-0.25, -0.2) is 0 Å².